The van der Waals surface area contributed by atoms with Crippen molar-refractivity contribution in [1.29, 1.82) is 0 Å². The molecule has 2 aromatic carbocycles. The normalized spacial score (nSPS) is 18.5. The molecular weight excluding hydrogens is 338 g/mol. The molecule has 5 nitrogen and oxygen atoms in total. The molecule has 0 spiro atoms. The first kappa shape index (κ1) is 17.6. The maximum Gasteiger partial charge on any atom is 0.317 e. The molecule has 5 heteroatoms. The molecule has 0 aliphatic carbocycles. The number of fused-ring (bicyclic) bond motifs is 2. The van der Waals surface area contributed by atoms with Gasteiger partial charge in [-0.1, -0.05) is 30.3 Å². The van der Waals surface area contributed by atoms with Gasteiger partial charge in [0.2, 0.25) is 0 Å². The molecule has 4 rings (SSSR count). The SMILES string of the molecule is CNC(=O)N1CCc2ccc(C(=O)N3Cc4ccccc4C[C@H]3C)cc2C1. The van der Waals surface area contributed by atoms with E-state index >= 15 is 0 Å². The number of urea groups is 1. The van der Waals surface area contributed by atoms with Gasteiger partial charge in [0, 0.05) is 38.3 Å². The van der Waals surface area contributed by atoms with Gasteiger partial charge in [0.25, 0.3) is 5.91 Å². The van der Waals surface area contributed by atoms with Crippen LogP contribution >= 0.6 is 0 Å². The molecule has 2 heterocycles. The number of benzene rings is 2. The molecule has 0 aromatic heterocycles. The van der Waals surface area contributed by atoms with Crippen molar-refractivity contribution in [3.05, 3.63) is 70.3 Å². The first-order chi connectivity index (χ1) is 13.1. The van der Waals surface area contributed by atoms with Gasteiger partial charge >= 0.3 is 6.03 Å². The van der Waals surface area contributed by atoms with Crippen LogP contribution in [0.1, 0.15) is 39.5 Å². The lowest BCUT2D eigenvalue weighted by Gasteiger charge is -2.35. The minimum Gasteiger partial charge on any atom is -0.341 e. The summed E-state index contributed by atoms with van der Waals surface area (Å²) < 4.78 is 0. The van der Waals surface area contributed by atoms with Crippen LogP contribution in [-0.2, 0) is 25.9 Å². The minimum absolute atomic E-state index is 0.0665. The van der Waals surface area contributed by atoms with Crippen LogP contribution in [-0.4, -0.2) is 41.4 Å². The molecule has 2 aliphatic heterocycles. The standard InChI is InChI=1S/C22H25N3O2/c1-15-11-17-5-3-4-6-19(17)14-25(15)21(26)18-8-7-16-9-10-24(22(27)23-2)13-20(16)12-18/h3-8,12,15H,9-11,13-14H2,1-2H3,(H,23,27)/t15-/m1/s1. The van der Waals surface area contributed by atoms with E-state index in [0.717, 1.165) is 18.4 Å². The van der Waals surface area contributed by atoms with Crippen molar-refractivity contribution in [1.82, 2.24) is 15.1 Å². The summed E-state index contributed by atoms with van der Waals surface area (Å²) in [4.78, 5) is 28.9. The lowest BCUT2D eigenvalue weighted by molar-refractivity contribution is 0.0658. The van der Waals surface area contributed by atoms with Crippen LogP contribution in [0, 0.1) is 0 Å². The van der Waals surface area contributed by atoms with E-state index < -0.39 is 0 Å². The van der Waals surface area contributed by atoms with E-state index in [2.05, 4.69) is 30.4 Å². The quantitative estimate of drug-likeness (QED) is 0.847. The van der Waals surface area contributed by atoms with Crippen LogP contribution in [0.15, 0.2) is 42.5 Å². The number of carbonyl (C=O) groups excluding carboxylic acids is 2. The van der Waals surface area contributed by atoms with Gasteiger partial charge in [-0.2, -0.15) is 0 Å². The smallest absolute Gasteiger partial charge is 0.317 e. The summed E-state index contributed by atoms with van der Waals surface area (Å²) in [5.74, 6) is 0.0665. The number of amides is 3. The molecule has 0 fully saturated rings. The second-order valence-corrected chi connectivity index (χ2v) is 7.47. The highest BCUT2D eigenvalue weighted by atomic mass is 16.2. The Bertz CT molecular complexity index is 893. The van der Waals surface area contributed by atoms with E-state index in [0.29, 0.717) is 25.2 Å². The minimum atomic E-state index is -0.0707. The predicted octanol–water partition coefficient (Wildman–Crippen LogP) is 2.97. The van der Waals surface area contributed by atoms with Gasteiger partial charge in [-0.3, -0.25) is 4.79 Å². The highest BCUT2D eigenvalue weighted by molar-refractivity contribution is 5.95. The highest BCUT2D eigenvalue weighted by Gasteiger charge is 2.28. The molecule has 0 saturated carbocycles. The van der Waals surface area contributed by atoms with Gasteiger partial charge in [0.05, 0.1) is 0 Å². The van der Waals surface area contributed by atoms with Crippen molar-refractivity contribution in [2.24, 2.45) is 0 Å². The Kier molecular flexibility index (Phi) is 4.60. The maximum absolute atomic E-state index is 13.2. The molecule has 140 valence electrons. The lowest BCUT2D eigenvalue weighted by Crippen LogP contribution is -2.43. The van der Waals surface area contributed by atoms with E-state index in [-0.39, 0.29) is 18.0 Å². The van der Waals surface area contributed by atoms with Crippen LogP contribution in [0.5, 0.6) is 0 Å². The third-order valence-corrected chi connectivity index (χ3v) is 5.73. The van der Waals surface area contributed by atoms with Gasteiger partial charge in [-0.25, -0.2) is 4.79 Å². The molecule has 2 aliphatic rings. The highest BCUT2D eigenvalue weighted by Crippen LogP contribution is 2.26. The molecule has 1 atom stereocenters. The van der Waals surface area contributed by atoms with Crippen LogP contribution < -0.4 is 5.32 Å². The lowest BCUT2D eigenvalue weighted by atomic mass is 9.93. The summed E-state index contributed by atoms with van der Waals surface area (Å²) in [5.41, 5.74) is 5.57. The van der Waals surface area contributed by atoms with E-state index in [4.69, 9.17) is 0 Å². The maximum atomic E-state index is 13.2. The number of hydrogen-bond donors (Lipinski definition) is 1. The van der Waals surface area contributed by atoms with Crippen molar-refractivity contribution in [3.63, 3.8) is 0 Å². The van der Waals surface area contributed by atoms with Gasteiger partial charge in [0.15, 0.2) is 0 Å². The first-order valence-corrected chi connectivity index (χ1v) is 9.53. The van der Waals surface area contributed by atoms with Crippen molar-refractivity contribution >= 4 is 11.9 Å². The number of carbonyl (C=O) groups is 2. The number of rotatable bonds is 1. The third kappa shape index (κ3) is 3.29. The topological polar surface area (TPSA) is 52.7 Å². The van der Waals surface area contributed by atoms with Gasteiger partial charge in [-0.15, -0.1) is 0 Å². The Morgan fingerprint density at radius 3 is 2.56 bits per heavy atom. The summed E-state index contributed by atoms with van der Waals surface area (Å²) >= 11 is 0. The summed E-state index contributed by atoms with van der Waals surface area (Å²) in [6.45, 7) is 4.02. The molecule has 0 radical (unpaired) electrons. The molecule has 0 saturated heterocycles. The average Bonchev–Trinajstić information content (AvgIpc) is 2.71. The monoisotopic (exact) mass is 363 g/mol. The van der Waals surface area contributed by atoms with E-state index in [1.54, 1.807) is 11.9 Å². The number of nitrogens with one attached hydrogen (secondary N) is 1. The Labute approximate surface area is 160 Å². The Balaban J connectivity index is 1.57. The van der Waals surface area contributed by atoms with E-state index in [9.17, 15) is 9.59 Å². The van der Waals surface area contributed by atoms with Crippen molar-refractivity contribution in [3.8, 4) is 0 Å². The fourth-order valence-corrected chi connectivity index (χ4v) is 4.14. The zero-order valence-corrected chi connectivity index (χ0v) is 15.9. The first-order valence-electron chi connectivity index (χ1n) is 9.53. The Morgan fingerprint density at radius 1 is 1.00 bits per heavy atom. The fourth-order valence-electron chi connectivity index (χ4n) is 4.14. The van der Waals surface area contributed by atoms with Gasteiger partial charge in [-0.05, 0) is 54.2 Å². The van der Waals surface area contributed by atoms with Crippen molar-refractivity contribution in [2.75, 3.05) is 13.6 Å². The molecule has 0 unspecified atom stereocenters. The van der Waals surface area contributed by atoms with Crippen molar-refractivity contribution in [2.45, 2.75) is 38.9 Å². The molecular formula is C22H25N3O2. The van der Waals surface area contributed by atoms with Crippen LogP contribution in [0.25, 0.3) is 0 Å². The van der Waals surface area contributed by atoms with Crippen molar-refractivity contribution < 1.29 is 9.59 Å². The summed E-state index contributed by atoms with van der Waals surface area (Å²) in [6, 6.07) is 14.4. The van der Waals surface area contributed by atoms with Crippen LogP contribution in [0.4, 0.5) is 4.79 Å². The average molecular weight is 363 g/mol. The summed E-state index contributed by atoms with van der Waals surface area (Å²) in [7, 11) is 1.65. The zero-order valence-electron chi connectivity index (χ0n) is 15.9. The molecule has 1 N–H and O–H groups in total. The second-order valence-electron chi connectivity index (χ2n) is 7.47. The van der Waals surface area contributed by atoms with Gasteiger partial charge in [0.1, 0.15) is 0 Å². The fraction of sp³-hybridized carbons (Fsp3) is 0.364. The zero-order chi connectivity index (χ0) is 19.0. The van der Waals surface area contributed by atoms with Gasteiger partial charge < -0.3 is 15.1 Å². The third-order valence-electron chi connectivity index (χ3n) is 5.73. The number of hydrogen-bond acceptors (Lipinski definition) is 2. The number of nitrogens with zero attached hydrogens (tertiary/aromatic N) is 2. The molecule has 3 amide bonds. The second kappa shape index (κ2) is 7.06. The summed E-state index contributed by atoms with van der Waals surface area (Å²) in [6.07, 6.45) is 1.71. The van der Waals surface area contributed by atoms with Crippen LogP contribution in [0.3, 0.4) is 0 Å². The Morgan fingerprint density at radius 2 is 1.78 bits per heavy atom. The molecule has 2 aromatic rings. The summed E-state index contributed by atoms with van der Waals surface area (Å²) in [5, 5.41) is 2.68. The largest absolute Gasteiger partial charge is 0.341 e. The molecule has 27 heavy (non-hydrogen) atoms. The Hall–Kier alpha value is -2.82. The van der Waals surface area contributed by atoms with E-state index in [1.165, 1.54) is 16.7 Å². The van der Waals surface area contributed by atoms with Crippen LogP contribution in [0.2, 0.25) is 0 Å². The molecule has 0 bridgehead atoms. The predicted molar refractivity (Wildman–Crippen MR) is 104 cm³/mol. The van der Waals surface area contributed by atoms with E-state index in [1.807, 2.05) is 29.2 Å².